The molecule has 1 aromatic carbocycles. The average Bonchev–Trinajstić information content (AvgIpc) is 2.25. The molecule has 3 nitrogen and oxygen atoms in total. The smallest absolute Gasteiger partial charge is 0.247 e. The van der Waals surface area contributed by atoms with Gasteiger partial charge in [-0.15, -0.1) is 0 Å². The third-order valence-electron chi connectivity index (χ3n) is 2.91. The molecule has 1 aromatic rings. The molecule has 1 saturated heterocycles. The fourth-order valence-corrected chi connectivity index (χ4v) is 1.72. The molecular formula is C13H15ClN2O. The van der Waals surface area contributed by atoms with Gasteiger partial charge in [0.15, 0.2) is 0 Å². The molecule has 1 amide bonds. The summed E-state index contributed by atoms with van der Waals surface area (Å²) in [6, 6.07) is 7.47. The third-order valence-corrected chi connectivity index (χ3v) is 3.17. The summed E-state index contributed by atoms with van der Waals surface area (Å²) in [5.41, 5.74) is 3.07. The molecular weight excluding hydrogens is 236 g/mol. The van der Waals surface area contributed by atoms with Gasteiger partial charge in [-0.05, 0) is 30.2 Å². The highest BCUT2D eigenvalue weighted by Crippen LogP contribution is 2.11. The fourth-order valence-electron chi connectivity index (χ4n) is 1.59. The summed E-state index contributed by atoms with van der Waals surface area (Å²) in [7, 11) is 0. The van der Waals surface area contributed by atoms with Gasteiger partial charge in [0.1, 0.15) is 0 Å². The number of hydrogen-bond donors (Lipinski definition) is 2. The van der Waals surface area contributed by atoms with Crippen LogP contribution in [0.3, 0.4) is 0 Å². The summed E-state index contributed by atoms with van der Waals surface area (Å²) in [6.45, 7) is 4.07. The van der Waals surface area contributed by atoms with Gasteiger partial charge in [0.2, 0.25) is 5.91 Å². The van der Waals surface area contributed by atoms with Gasteiger partial charge in [0.25, 0.3) is 0 Å². The van der Waals surface area contributed by atoms with Gasteiger partial charge in [0, 0.05) is 30.2 Å². The molecule has 1 fully saturated rings. The fraction of sp³-hybridized carbons (Fsp3) is 0.308. The van der Waals surface area contributed by atoms with E-state index in [9.17, 15) is 4.79 Å². The van der Waals surface area contributed by atoms with Crippen molar-refractivity contribution in [3.63, 3.8) is 0 Å². The minimum atomic E-state index is 0.0106. The topological polar surface area (TPSA) is 41.1 Å². The highest BCUT2D eigenvalue weighted by Gasteiger charge is 2.15. The molecule has 2 N–H and O–H groups in total. The Kier molecular flexibility index (Phi) is 3.82. The van der Waals surface area contributed by atoms with Gasteiger partial charge in [-0.2, -0.15) is 0 Å². The molecule has 0 bridgehead atoms. The summed E-state index contributed by atoms with van der Waals surface area (Å²) in [4.78, 5) is 11.8. The number of halogens is 1. The number of rotatable bonds is 3. The molecule has 1 heterocycles. The van der Waals surface area contributed by atoms with Crippen LogP contribution in [0.5, 0.6) is 0 Å². The van der Waals surface area contributed by atoms with E-state index in [2.05, 4.69) is 10.6 Å². The predicted octanol–water partition coefficient (Wildman–Crippen LogP) is 1.88. The maximum Gasteiger partial charge on any atom is 0.247 e. The van der Waals surface area contributed by atoms with Crippen molar-refractivity contribution in [2.75, 3.05) is 13.1 Å². The van der Waals surface area contributed by atoms with Crippen LogP contribution in [0, 0.1) is 0 Å². The molecule has 1 aliphatic heterocycles. The van der Waals surface area contributed by atoms with Crippen LogP contribution in [0.15, 0.2) is 35.4 Å². The number of amides is 1. The van der Waals surface area contributed by atoms with E-state index in [-0.39, 0.29) is 5.91 Å². The van der Waals surface area contributed by atoms with E-state index in [1.54, 1.807) is 0 Å². The van der Waals surface area contributed by atoms with Crippen molar-refractivity contribution in [2.24, 2.45) is 0 Å². The summed E-state index contributed by atoms with van der Waals surface area (Å²) in [6.07, 6.45) is 0. The van der Waals surface area contributed by atoms with Gasteiger partial charge in [-0.3, -0.25) is 4.79 Å². The van der Waals surface area contributed by atoms with Gasteiger partial charge in [0.05, 0.1) is 0 Å². The van der Waals surface area contributed by atoms with Crippen LogP contribution in [-0.2, 0) is 11.3 Å². The molecule has 0 atom stereocenters. The lowest BCUT2D eigenvalue weighted by atomic mass is 10.0. The van der Waals surface area contributed by atoms with Crippen molar-refractivity contribution in [1.29, 1.82) is 0 Å². The number of carbonyl (C=O) groups is 1. The molecule has 0 aromatic heterocycles. The first-order valence-electron chi connectivity index (χ1n) is 5.59. The van der Waals surface area contributed by atoms with Crippen molar-refractivity contribution in [1.82, 2.24) is 10.6 Å². The van der Waals surface area contributed by atoms with Crippen LogP contribution in [0.1, 0.15) is 12.5 Å². The molecule has 0 saturated carbocycles. The maximum absolute atomic E-state index is 11.8. The van der Waals surface area contributed by atoms with Crippen LogP contribution in [0.25, 0.3) is 0 Å². The van der Waals surface area contributed by atoms with E-state index >= 15 is 0 Å². The molecule has 90 valence electrons. The average molecular weight is 251 g/mol. The maximum atomic E-state index is 11.8. The van der Waals surface area contributed by atoms with Gasteiger partial charge in [-0.25, -0.2) is 0 Å². The van der Waals surface area contributed by atoms with Crippen LogP contribution in [0.4, 0.5) is 0 Å². The first kappa shape index (κ1) is 12.1. The predicted molar refractivity (Wildman–Crippen MR) is 68.9 cm³/mol. The Balaban J connectivity index is 1.90. The van der Waals surface area contributed by atoms with E-state index in [4.69, 9.17) is 11.6 Å². The summed E-state index contributed by atoms with van der Waals surface area (Å²) < 4.78 is 0. The molecule has 17 heavy (non-hydrogen) atoms. The van der Waals surface area contributed by atoms with Crippen molar-refractivity contribution < 1.29 is 4.79 Å². The monoisotopic (exact) mass is 250 g/mol. The van der Waals surface area contributed by atoms with Crippen LogP contribution < -0.4 is 10.6 Å². The highest BCUT2D eigenvalue weighted by atomic mass is 35.5. The van der Waals surface area contributed by atoms with E-state index < -0.39 is 0 Å². The number of carbonyl (C=O) groups excluding carboxylic acids is 1. The number of nitrogens with one attached hydrogen (secondary N) is 2. The zero-order chi connectivity index (χ0) is 12.3. The molecule has 2 rings (SSSR count). The Labute approximate surface area is 106 Å². The molecule has 0 aliphatic carbocycles. The summed E-state index contributed by atoms with van der Waals surface area (Å²) in [5, 5.41) is 6.73. The lowest BCUT2D eigenvalue weighted by Gasteiger charge is -2.21. The Hall–Kier alpha value is -1.32. The first-order chi connectivity index (χ1) is 8.16. The third kappa shape index (κ3) is 3.08. The van der Waals surface area contributed by atoms with E-state index in [1.165, 1.54) is 5.57 Å². The molecule has 0 radical (unpaired) electrons. The second kappa shape index (κ2) is 5.34. The van der Waals surface area contributed by atoms with Crippen LogP contribution >= 0.6 is 11.6 Å². The van der Waals surface area contributed by atoms with Crippen molar-refractivity contribution in [2.45, 2.75) is 13.5 Å². The molecule has 4 heteroatoms. The zero-order valence-electron chi connectivity index (χ0n) is 9.72. The number of hydrogen-bond acceptors (Lipinski definition) is 2. The largest absolute Gasteiger partial charge is 0.348 e. The standard InChI is InChI=1S/C13H15ClN2O/c1-9(11-7-15-8-11)13(17)16-6-10-2-4-12(14)5-3-10/h2-5,15H,6-8H2,1H3,(H,16,17). The Morgan fingerprint density at radius 3 is 2.53 bits per heavy atom. The molecule has 0 spiro atoms. The van der Waals surface area contributed by atoms with Crippen LogP contribution in [-0.4, -0.2) is 19.0 Å². The van der Waals surface area contributed by atoms with Crippen molar-refractivity contribution >= 4 is 17.5 Å². The van der Waals surface area contributed by atoms with E-state index in [0.717, 1.165) is 24.2 Å². The lowest BCUT2D eigenvalue weighted by Crippen LogP contribution is -2.37. The lowest BCUT2D eigenvalue weighted by molar-refractivity contribution is -0.117. The van der Waals surface area contributed by atoms with Gasteiger partial charge in [-0.1, -0.05) is 23.7 Å². The van der Waals surface area contributed by atoms with E-state index in [0.29, 0.717) is 11.6 Å². The van der Waals surface area contributed by atoms with Crippen molar-refractivity contribution in [3.8, 4) is 0 Å². The minimum absolute atomic E-state index is 0.0106. The second-order valence-corrected chi connectivity index (χ2v) is 4.58. The second-order valence-electron chi connectivity index (χ2n) is 4.14. The zero-order valence-corrected chi connectivity index (χ0v) is 10.5. The van der Waals surface area contributed by atoms with Gasteiger partial charge < -0.3 is 10.6 Å². The number of benzene rings is 1. The van der Waals surface area contributed by atoms with E-state index in [1.807, 2.05) is 31.2 Å². The SMILES string of the molecule is CC(C(=O)NCc1ccc(Cl)cc1)=C1CNC1. The van der Waals surface area contributed by atoms with Crippen molar-refractivity contribution in [3.05, 3.63) is 46.0 Å². The Bertz CT molecular complexity index is 445. The summed E-state index contributed by atoms with van der Waals surface area (Å²) in [5.74, 6) is 0.0106. The quantitative estimate of drug-likeness (QED) is 0.805. The minimum Gasteiger partial charge on any atom is -0.348 e. The first-order valence-corrected chi connectivity index (χ1v) is 5.96. The molecule has 1 aliphatic rings. The van der Waals surface area contributed by atoms with Gasteiger partial charge >= 0.3 is 0 Å². The Morgan fingerprint density at radius 1 is 1.35 bits per heavy atom. The summed E-state index contributed by atoms with van der Waals surface area (Å²) >= 11 is 5.79. The Morgan fingerprint density at radius 2 is 2.00 bits per heavy atom. The highest BCUT2D eigenvalue weighted by molar-refractivity contribution is 6.30. The molecule has 0 unspecified atom stereocenters. The van der Waals surface area contributed by atoms with Crippen LogP contribution in [0.2, 0.25) is 5.02 Å². The normalized spacial score (nSPS) is 14.1.